The first-order chi connectivity index (χ1) is 10.0. The van der Waals surface area contributed by atoms with E-state index in [0.717, 1.165) is 24.3 Å². The van der Waals surface area contributed by atoms with Gasteiger partial charge in [-0.1, -0.05) is 6.58 Å². The molecule has 0 saturated heterocycles. The smallest absolute Gasteiger partial charge is 0.179 e. The Morgan fingerprint density at radius 1 is 1.33 bits per heavy atom. The SMILES string of the molecule is C=C(C)COc1ccc(C(=O)C(C)NCCCOC)cc1. The number of carbonyl (C=O) groups excluding carboxylic acids is 1. The average molecular weight is 291 g/mol. The molecule has 0 heterocycles. The fourth-order valence-corrected chi connectivity index (χ4v) is 1.80. The van der Waals surface area contributed by atoms with Crippen molar-refractivity contribution in [2.75, 3.05) is 26.9 Å². The van der Waals surface area contributed by atoms with Crippen molar-refractivity contribution in [1.82, 2.24) is 5.32 Å². The van der Waals surface area contributed by atoms with Crippen molar-refractivity contribution < 1.29 is 14.3 Å². The van der Waals surface area contributed by atoms with Gasteiger partial charge < -0.3 is 14.8 Å². The van der Waals surface area contributed by atoms with Crippen molar-refractivity contribution in [1.29, 1.82) is 0 Å². The van der Waals surface area contributed by atoms with Gasteiger partial charge in [0.1, 0.15) is 12.4 Å². The Morgan fingerprint density at radius 2 is 2.00 bits per heavy atom. The summed E-state index contributed by atoms with van der Waals surface area (Å²) >= 11 is 0. The molecule has 0 aromatic heterocycles. The molecule has 1 aromatic rings. The van der Waals surface area contributed by atoms with Crippen LogP contribution in [0.3, 0.4) is 0 Å². The lowest BCUT2D eigenvalue weighted by Crippen LogP contribution is -2.35. The Labute approximate surface area is 127 Å². The van der Waals surface area contributed by atoms with Crippen LogP contribution in [0.2, 0.25) is 0 Å². The minimum absolute atomic E-state index is 0.0823. The summed E-state index contributed by atoms with van der Waals surface area (Å²) in [5, 5.41) is 3.20. The van der Waals surface area contributed by atoms with Crippen molar-refractivity contribution in [3.05, 3.63) is 42.0 Å². The van der Waals surface area contributed by atoms with Gasteiger partial charge in [-0.15, -0.1) is 0 Å². The maximum absolute atomic E-state index is 12.2. The molecule has 0 aliphatic rings. The minimum Gasteiger partial charge on any atom is -0.489 e. The Morgan fingerprint density at radius 3 is 2.57 bits per heavy atom. The summed E-state index contributed by atoms with van der Waals surface area (Å²) in [6.45, 7) is 9.52. The van der Waals surface area contributed by atoms with Crippen molar-refractivity contribution in [2.24, 2.45) is 0 Å². The fourth-order valence-electron chi connectivity index (χ4n) is 1.80. The first kappa shape index (κ1) is 17.4. The molecule has 0 amide bonds. The van der Waals surface area contributed by atoms with E-state index in [1.165, 1.54) is 0 Å². The van der Waals surface area contributed by atoms with Crippen LogP contribution in [-0.2, 0) is 4.74 Å². The highest BCUT2D eigenvalue weighted by molar-refractivity contribution is 5.99. The number of hydrogen-bond donors (Lipinski definition) is 1. The largest absolute Gasteiger partial charge is 0.489 e. The van der Waals surface area contributed by atoms with E-state index in [1.807, 2.05) is 26.0 Å². The lowest BCUT2D eigenvalue weighted by atomic mass is 10.1. The van der Waals surface area contributed by atoms with Gasteiger partial charge in [0.2, 0.25) is 0 Å². The first-order valence-electron chi connectivity index (χ1n) is 7.18. The molecular formula is C17H25NO3. The first-order valence-corrected chi connectivity index (χ1v) is 7.18. The van der Waals surface area contributed by atoms with Crippen molar-refractivity contribution in [3.8, 4) is 5.75 Å². The molecular weight excluding hydrogens is 266 g/mol. The van der Waals surface area contributed by atoms with Gasteiger partial charge in [-0.2, -0.15) is 0 Å². The standard InChI is InChI=1S/C17H25NO3/c1-13(2)12-21-16-8-6-15(7-9-16)17(19)14(3)18-10-5-11-20-4/h6-9,14,18H,1,5,10-12H2,2-4H3. The molecule has 1 rings (SSSR count). The van der Waals surface area contributed by atoms with Gasteiger partial charge in [-0.3, -0.25) is 4.79 Å². The van der Waals surface area contributed by atoms with Gasteiger partial charge in [0.15, 0.2) is 5.78 Å². The zero-order valence-electron chi connectivity index (χ0n) is 13.1. The van der Waals surface area contributed by atoms with E-state index in [0.29, 0.717) is 18.8 Å². The van der Waals surface area contributed by atoms with E-state index in [1.54, 1.807) is 19.2 Å². The number of rotatable bonds is 10. The number of benzene rings is 1. The van der Waals surface area contributed by atoms with Gasteiger partial charge in [0.05, 0.1) is 6.04 Å². The molecule has 4 nitrogen and oxygen atoms in total. The third-order valence-electron chi connectivity index (χ3n) is 2.99. The molecule has 0 fully saturated rings. The lowest BCUT2D eigenvalue weighted by Gasteiger charge is -2.13. The average Bonchev–Trinajstić information content (AvgIpc) is 2.49. The highest BCUT2D eigenvalue weighted by Gasteiger charge is 2.14. The van der Waals surface area contributed by atoms with E-state index in [9.17, 15) is 4.79 Å². The van der Waals surface area contributed by atoms with E-state index in [4.69, 9.17) is 9.47 Å². The van der Waals surface area contributed by atoms with Crippen molar-refractivity contribution in [2.45, 2.75) is 26.3 Å². The van der Waals surface area contributed by atoms with Crippen LogP contribution < -0.4 is 10.1 Å². The number of carbonyl (C=O) groups is 1. The Bertz CT molecular complexity index is 454. The van der Waals surface area contributed by atoms with Gasteiger partial charge in [-0.25, -0.2) is 0 Å². The number of nitrogens with one attached hydrogen (secondary N) is 1. The van der Waals surface area contributed by atoms with Crippen molar-refractivity contribution in [3.63, 3.8) is 0 Å². The molecule has 1 N–H and O–H groups in total. The van der Waals surface area contributed by atoms with E-state index in [2.05, 4.69) is 11.9 Å². The lowest BCUT2D eigenvalue weighted by molar-refractivity contribution is 0.0949. The predicted octanol–water partition coefficient (Wildman–Crippen LogP) is 2.84. The number of ether oxygens (including phenoxy) is 2. The maximum Gasteiger partial charge on any atom is 0.179 e. The number of methoxy groups -OCH3 is 1. The number of ketones is 1. The Hall–Kier alpha value is -1.65. The summed E-state index contributed by atoms with van der Waals surface area (Å²) in [4.78, 5) is 12.2. The maximum atomic E-state index is 12.2. The zero-order chi connectivity index (χ0) is 15.7. The van der Waals surface area contributed by atoms with Crippen LogP contribution >= 0.6 is 0 Å². The molecule has 116 valence electrons. The fraction of sp³-hybridized carbons (Fsp3) is 0.471. The second-order valence-corrected chi connectivity index (χ2v) is 5.16. The summed E-state index contributed by atoms with van der Waals surface area (Å²) in [6, 6.07) is 7.01. The summed E-state index contributed by atoms with van der Waals surface area (Å²) in [5.74, 6) is 0.828. The predicted molar refractivity (Wildman–Crippen MR) is 85.0 cm³/mol. The molecule has 21 heavy (non-hydrogen) atoms. The summed E-state index contributed by atoms with van der Waals surface area (Å²) < 4.78 is 10.5. The van der Waals surface area contributed by atoms with Gasteiger partial charge in [0, 0.05) is 19.3 Å². The van der Waals surface area contributed by atoms with E-state index < -0.39 is 0 Å². The quantitative estimate of drug-likeness (QED) is 0.409. The molecule has 0 aliphatic heterocycles. The number of hydrogen-bond acceptors (Lipinski definition) is 4. The van der Waals surface area contributed by atoms with Gasteiger partial charge in [-0.05, 0) is 56.7 Å². The molecule has 0 radical (unpaired) electrons. The van der Waals surface area contributed by atoms with Gasteiger partial charge in [0.25, 0.3) is 0 Å². The highest BCUT2D eigenvalue weighted by atomic mass is 16.5. The van der Waals surface area contributed by atoms with Crippen molar-refractivity contribution >= 4 is 5.78 Å². The minimum atomic E-state index is -0.205. The highest BCUT2D eigenvalue weighted by Crippen LogP contribution is 2.14. The molecule has 0 spiro atoms. The van der Waals surface area contributed by atoms with Gasteiger partial charge >= 0.3 is 0 Å². The Kier molecular flexibility index (Phi) is 7.72. The van der Waals surface area contributed by atoms with Crippen LogP contribution in [0.4, 0.5) is 0 Å². The zero-order valence-corrected chi connectivity index (χ0v) is 13.1. The summed E-state index contributed by atoms with van der Waals surface area (Å²) in [5.41, 5.74) is 1.65. The molecule has 1 unspecified atom stereocenters. The molecule has 0 bridgehead atoms. The summed E-state index contributed by atoms with van der Waals surface area (Å²) in [6.07, 6.45) is 0.891. The molecule has 1 aromatic carbocycles. The molecule has 0 aliphatic carbocycles. The molecule has 1 atom stereocenters. The third-order valence-corrected chi connectivity index (χ3v) is 2.99. The van der Waals surface area contributed by atoms with Crippen LogP contribution in [0.25, 0.3) is 0 Å². The van der Waals surface area contributed by atoms with Crippen LogP contribution in [0, 0.1) is 0 Å². The third kappa shape index (κ3) is 6.56. The topological polar surface area (TPSA) is 47.6 Å². The van der Waals surface area contributed by atoms with Crippen LogP contribution in [0.5, 0.6) is 5.75 Å². The molecule has 4 heteroatoms. The Balaban J connectivity index is 2.48. The van der Waals surface area contributed by atoms with Crippen LogP contribution in [0.15, 0.2) is 36.4 Å². The van der Waals surface area contributed by atoms with Crippen LogP contribution in [-0.4, -0.2) is 38.7 Å². The number of Topliss-reactive ketones (excluding diaryl/α,β-unsaturated/α-hetero) is 1. The summed E-state index contributed by atoms with van der Waals surface area (Å²) in [7, 11) is 1.67. The van der Waals surface area contributed by atoms with E-state index >= 15 is 0 Å². The second-order valence-electron chi connectivity index (χ2n) is 5.16. The molecule has 0 saturated carbocycles. The van der Waals surface area contributed by atoms with Crippen LogP contribution in [0.1, 0.15) is 30.6 Å². The van der Waals surface area contributed by atoms with E-state index in [-0.39, 0.29) is 11.8 Å². The normalized spacial score (nSPS) is 12.0. The monoisotopic (exact) mass is 291 g/mol. The second kappa shape index (κ2) is 9.32.